The number of para-hydroxylation sites is 1. The molecule has 5 nitrogen and oxygen atoms in total. The van der Waals surface area contributed by atoms with Crippen LogP contribution in [0.3, 0.4) is 0 Å². The van der Waals surface area contributed by atoms with E-state index in [-0.39, 0.29) is 12.3 Å². The standard InChI is InChI=1S/C20H20N2O3S/c1-13-18(12-19(23)22-14-7-6-8-15(11-14)24-2)26-20(21-13)16-9-4-5-10-17(16)25-3/h4-11H,12H2,1-3H3,(H,22,23). The monoisotopic (exact) mass is 368 g/mol. The lowest BCUT2D eigenvalue weighted by Gasteiger charge is -2.06. The summed E-state index contributed by atoms with van der Waals surface area (Å²) < 4.78 is 10.6. The molecule has 1 heterocycles. The van der Waals surface area contributed by atoms with E-state index in [1.807, 2.05) is 49.4 Å². The van der Waals surface area contributed by atoms with Crippen molar-refractivity contribution in [3.05, 3.63) is 59.1 Å². The van der Waals surface area contributed by atoms with Crippen molar-refractivity contribution in [1.29, 1.82) is 0 Å². The summed E-state index contributed by atoms with van der Waals surface area (Å²) in [6, 6.07) is 15.0. The van der Waals surface area contributed by atoms with Crippen molar-refractivity contribution in [2.75, 3.05) is 19.5 Å². The number of anilines is 1. The fourth-order valence-corrected chi connectivity index (χ4v) is 3.67. The molecular weight excluding hydrogens is 348 g/mol. The second kappa shape index (κ2) is 8.01. The molecule has 0 fully saturated rings. The molecule has 3 aromatic rings. The largest absolute Gasteiger partial charge is 0.497 e. The van der Waals surface area contributed by atoms with Gasteiger partial charge in [0.2, 0.25) is 5.91 Å². The van der Waals surface area contributed by atoms with Crippen LogP contribution in [0, 0.1) is 6.92 Å². The van der Waals surface area contributed by atoms with E-state index >= 15 is 0 Å². The van der Waals surface area contributed by atoms with E-state index in [1.165, 1.54) is 11.3 Å². The molecule has 26 heavy (non-hydrogen) atoms. The van der Waals surface area contributed by atoms with Gasteiger partial charge in [0, 0.05) is 16.6 Å². The van der Waals surface area contributed by atoms with Gasteiger partial charge in [-0.25, -0.2) is 4.98 Å². The molecule has 0 radical (unpaired) electrons. The van der Waals surface area contributed by atoms with Gasteiger partial charge in [-0.3, -0.25) is 4.79 Å². The van der Waals surface area contributed by atoms with Crippen LogP contribution in [0.1, 0.15) is 10.6 Å². The average molecular weight is 368 g/mol. The maximum atomic E-state index is 12.4. The van der Waals surface area contributed by atoms with Gasteiger partial charge in [0.25, 0.3) is 0 Å². The predicted molar refractivity (Wildman–Crippen MR) is 104 cm³/mol. The van der Waals surface area contributed by atoms with Crippen molar-refractivity contribution < 1.29 is 14.3 Å². The van der Waals surface area contributed by atoms with E-state index in [0.717, 1.165) is 26.9 Å². The number of thiazole rings is 1. The number of methoxy groups -OCH3 is 2. The summed E-state index contributed by atoms with van der Waals surface area (Å²) in [6.07, 6.45) is 0.274. The van der Waals surface area contributed by atoms with Crippen LogP contribution in [0.5, 0.6) is 11.5 Å². The molecule has 0 aliphatic heterocycles. The third-order valence-corrected chi connectivity index (χ3v) is 5.10. The molecule has 3 rings (SSSR count). The molecular formula is C20H20N2O3S. The zero-order chi connectivity index (χ0) is 18.5. The van der Waals surface area contributed by atoms with E-state index in [1.54, 1.807) is 20.3 Å². The Morgan fingerprint density at radius 3 is 2.69 bits per heavy atom. The van der Waals surface area contributed by atoms with Crippen molar-refractivity contribution in [3.8, 4) is 22.1 Å². The highest BCUT2D eigenvalue weighted by atomic mass is 32.1. The van der Waals surface area contributed by atoms with Gasteiger partial charge in [-0.15, -0.1) is 11.3 Å². The first kappa shape index (κ1) is 17.9. The highest BCUT2D eigenvalue weighted by Gasteiger charge is 2.15. The lowest BCUT2D eigenvalue weighted by Crippen LogP contribution is -2.14. The summed E-state index contributed by atoms with van der Waals surface area (Å²) in [7, 11) is 3.24. The van der Waals surface area contributed by atoms with Crippen LogP contribution >= 0.6 is 11.3 Å². The van der Waals surface area contributed by atoms with Crippen molar-refractivity contribution in [3.63, 3.8) is 0 Å². The molecule has 134 valence electrons. The van der Waals surface area contributed by atoms with Crippen LogP contribution in [-0.2, 0) is 11.2 Å². The van der Waals surface area contributed by atoms with E-state index in [9.17, 15) is 4.79 Å². The molecule has 0 unspecified atom stereocenters. The number of hydrogen-bond donors (Lipinski definition) is 1. The Morgan fingerprint density at radius 1 is 1.12 bits per heavy atom. The topological polar surface area (TPSA) is 60.5 Å². The number of ether oxygens (including phenoxy) is 2. The number of aromatic nitrogens is 1. The predicted octanol–water partition coefficient (Wildman–Crippen LogP) is 4.32. The molecule has 0 bridgehead atoms. The number of rotatable bonds is 6. The fraction of sp³-hybridized carbons (Fsp3) is 0.200. The summed E-state index contributed by atoms with van der Waals surface area (Å²) in [6.45, 7) is 1.92. The summed E-state index contributed by atoms with van der Waals surface area (Å²) >= 11 is 1.51. The van der Waals surface area contributed by atoms with Crippen molar-refractivity contribution in [2.24, 2.45) is 0 Å². The Morgan fingerprint density at radius 2 is 1.92 bits per heavy atom. The lowest BCUT2D eigenvalue weighted by atomic mass is 10.2. The second-order valence-electron chi connectivity index (χ2n) is 5.68. The number of carbonyl (C=O) groups is 1. The van der Waals surface area contributed by atoms with Crippen LogP contribution < -0.4 is 14.8 Å². The smallest absolute Gasteiger partial charge is 0.229 e. The summed E-state index contributed by atoms with van der Waals surface area (Å²) in [5.74, 6) is 1.39. The number of nitrogens with one attached hydrogen (secondary N) is 1. The Bertz CT molecular complexity index is 921. The van der Waals surface area contributed by atoms with Crippen LogP contribution in [-0.4, -0.2) is 25.1 Å². The third-order valence-electron chi connectivity index (χ3n) is 3.90. The summed E-state index contributed by atoms with van der Waals surface area (Å²) in [4.78, 5) is 18.0. The van der Waals surface area contributed by atoms with Crippen LogP contribution in [0.2, 0.25) is 0 Å². The molecule has 2 aromatic carbocycles. The maximum absolute atomic E-state index is 12.4. The molecule has 0 saturated carbocycles. The Balaban J connectivity index is 1.76. The first-order valence-electron chi connectivity index (χ1n) is 8.14. The van der Waals surface area contributed by atoms with Crippen molar-refractivity contribution >= 4 is 22.9 Å². The molecule has 0 atom stereocenters. The Kier molecular flexibility index (Phi) is 5.53. The summed E-state index contributed by atoms with van der Waals surface area (Å²) in [5, 5.41) is 3.75. The Hall–Kier alpha value is -2.86. The molecule has 1 N–H and O–H groups in total. The fourth-order valence-electron chi connectivity index (χ4n) is 2.58. The maximum Gasteiger partial charge on any atom is 0.229 e. The minimum Gasteiger partial charge on any atom is -0.497 e. The minimum absolute atomic E-state index is 0.0865. The minimum atomic E-state index is -0.0865. The second-order valence-corrected chi connectivity index (χ2v) is 6.77. The first-order chi connectivity index (χ1) is 12.6. The van der Waals surface area contributed by atoms with Gasteiger partial charge in [-0.05, 0) is 31.2 Å². The van der Waals surface area contributed by atoms with E-state index in [4.69, 9.17) is 9.47 Å². The van der Waals surface area contributed by atoms with Crippen molar-refractivity contribution in [1.82, 2.24) is 4.98 Å². The van der Waals surface area contributed by atoms with E-state index < -0.39 is 0 Å². The van der Waals surface area contributed by atoms with Crippen LogP contribution in [0.4, 0.5) is 5.69 Å². The van der Waals surface area contributed by atoms with Gasteiger partial charge in [0.05, 0.1) is 31.9 Å². The lowest BCUT2D eigenvalue weighted by molar-refractivity contribution is -0.115. The average Bonchev–Trinajstić information content (AvgIpc) is 3.02. The number of benzene rings is 2. The SMILES string of the molecule is COc1cccc(NC(=O)Cc2sc(-c3ccccc3OC)nc2C)c1. The molecule has 1 aromatic heterocycles. The van der Waals surface area contributed by atoms with E-state index in [2.05, 4.69) is 10.3 Å². The van der Waals surface area contributed by atoms with Crippen molar-refractivity contribution in [2.45, 2.75) is 13.3 Å². The van der Waals surface area contributed by atoms with Gasteiger partial charge in [0.1, 0.15) is 16.5 Å². The number of aryl methyl sites for hydroxylation is 1. The zero-order valence-electron chi connectivity index (χ0n) is 14.9. The molecule has 0 aliphatic carbocycles. The van der Waals surface area contributed by atoms with Crippen LogP contribution in [0.15, 0.2) is 48.5 Å². The number of carbonyl (C=O) groups excluding carboxylic acids is 1. The summed E-state index contributed by atoms with van der Waals surface area (Å²) in [5.41, 5.74) is 2.50. The highest BCUT2D eigenvalue weighted by molar-refractivity contribution is 7.15. The van der Waals surface area contributed by atoms with Gasteiger partial charge < -0.3 is 14.8 Å². The van der Waals surface area contributed by atoms with Crippen LogP contribution in [0.25, 0.3) is 10.6 Å². The molecule has 6 heteroatoms. The molecule has 0 saturated heterocycles. The highest BCUT2D eigenvalue weighted by Crippen LogP contribution is 2.34. The van der Waals surface area contributed by atoms with Gasteiger partial charge in [-0.2, -0.15) is 0 Å². The Labute approximate surface area is 156 Å². The zero-order valence-corrected chi connectivity index (χ0v) is 15.7. The van der Waals surface area contributed by atoms with Gasteiger partial charge >= 0.3 is 0 Å². The number of nitrogens with zero attached hydrogens (tertiary/aromatic N) is 1. The first-order valence-corrected chi connectivity index (χ1v) is 8.96. The van der Waals surface area contributed by atoms with Gasteiger partial charge in [0.15, 0.2) is 0 Å². The third kappa shape index (κ3) is 4.03. The quantitative estimate of drug-likeness (QED) is 0.704. The normalized spacial score (nSPS) is 10.4. The molecule has 0 spiro atoms. The molecule has 0 aliphatic rings. The number of amides is 1. The molecule has 1 amide bonds. The number of hydrogen-bond acceptors (Lipinski definition) is 5. The van der Waals surface area contributed by atoms with E-state index in [0.29, 0.717) is 11.4 Å². The van der Waals surface area contributed by atoms with Gasteiger partial charge in [-0.1, -0.05) is 18.2 Å².